The first-order valence-electron chi connectivity index (χ1n) is 7.32. The number of carbonyl (C=O) groups is 1. The smallest absolute Gasteiger partial charge is 0.255 e. The first-order valence-corrected chi connectivity index (χ1v) is 7.32. The molecule has 0 radical (unpaired) electrons. The Balaban J connectivity index is 1.79. The van der Waals surface area contributed by atoms with Crippen LogP contribution in [0.2, 0.25) is 0 Å². The fourth-order valence-electron chi connectivity index (χ4n) is 2.81. The zero-order valence-corrected chi connectivity index (χ0v) is 12.4. The van der Waals surface area contributed by atoms with E-state index in [4.69, 9.17) is 0 Å². The van der Waals surface area contributed by atoms with Crippen molar-refractivity contribution in [2.24, 2.45) is 0 Å². The molecule has 1 aliphatic rings. The summed E-state index contributed by atoms with van der Waals surface area (Å²) in [5.74, 6) is 0.150. The van der Waals surface area contributed by atoms with E-state index in [1.807, 2.05) is 0 Å². The maximum atomic E-state index is 13.3. The van der Waals surface area contributed by atoms with Crippen molar-refractivity contribution in [2.75, 3.05) is 26.2 Å². The number of hydrogen-bond donors (Lipinski definition) is 1. The fourth-order valence-corrected chi connectivity index (χ4v) is 2.81. The summed E-state index contributed by atoms with van der Waals surface area (Å²) in [6, 6.07) is 1.25. The van der Waals surface area contributed by atoms with Crippen LogP contribution < -0.4 is 0 Å². The maximum Gasteiger partial charge on any atom is 0.255 e. The summed E-state index contributed by atoms with van der Waals surface area (Å²) in [4.78, 5) is 27.7. The molecule has 1 saturated heterocycles. The van der Waals surface area contributed by atoms with Gasteiger partial charge in [0.25, 0.3) is 5.91 Å². The van der Waals surface area contributed by atoms with Crippen molar-refractivity contribution in [2.45, 2.75) is 13.0 Å². The Morgan fingerprint density at radius 2 is 2.32 bits per heavy atom. The minimum atomic E-state index is -0.499. The third kappa shape index (κ3) is 2.85. The Labute approximate surface area is 128 Å². The number of pyridine rings is 1. The van der Waals surface area contributed by atoms with Gasteiger partial charge in [-0.2, -0.15) is 0 Å². The molecule has 1 amide bonds. The van der Waals surface area contributed by atoms with Gasteiger partial charge in [-0.25, -0.2) is 9.37 Å². The number of rotatable bonds is 3. The average Bonchev–Trinajstić information content (AvgIpc) is 3.08. The van der Waals surface area contributed by atoms with Crippen LogP contribution in [0.4, 0.5) is 4.39 Å². The summed E-state index contributed by atoms with van der Waals surface area (Å²) in [7, 11) is 0. The Morgan fingerprint density at radius 1 is 1.45 bits per heavy atom. The van der Waals surface area contributed by atoms with Crippen LogP contribution in [0.25, 0.3) is 0 Å². The molecule has 0 spiro atoms. The van der Waals surface area contributed by atoms with E-state index < -0.39 is 5.82 Å². The van der Waals surface area contributed by atoms with Crippen LogP contribution in [0.1, 0.15) is 29.1 Å². The molecule has 1 fully saturated rings. The summed E-state index contributed by atoms with van der Waals surface area (Å²) in [5.41, 5.74) is 0.281. The van der Waals surface area contributed by atoms with Crippen molar-refractivity contribution in [1.29, 1.82) is 0 Å². The second-order valence-electron chi connectivity index (χ2n) is 5.26. The summed E-state index contributed by atoms with van der Waals surface area (Å²) in [6.45, 7) is 4.87. The van der Waals surface area contributed by atoms with Crippen LogP contribution in [-0.4, -0.2) is 56.8 Å². The van der Waals surface area contributed by atoms with Gasteiger partial charge < -0.3 is 9.88 Å². The molecule has 2 aromatic heterocycles. The number of amides is 1. The van der Waals surface area contributed by atoms with Crippen molar-refractivity contribution < 1.29 is 9.18 Å². The van der Waals surface area contributed by atoms with Gasteiger partial charge in [0.1, 0.15) is 11.6 Å². The highest BCUT2D eigenvalue weighted by atomic mass is 19.1. The zero-order chi connectivity index (χ0) is 15.5. The van der Waals surface area contributed by atoms with Crippen LogP contribution in [-0.2, 0) is 0 Å². The molecule has 0 saturated carbocycles. The maximum absolute atomic E-state index is 13.3. The lowest BCUT2D eigenvalue weighted by Gasteiger charge is -2.40. The third-order valence-corrected chi connectivity index (χ3v) is 3.97. The van der Waals surface area contributed by atoms with E-state index in [1.165, 1.54) is 12.3 Å². The molecule has 3 heterocycles. The minimum absolute atomic E-state index is 0.0271. The molecule has 1 N–H and O–H groups in total. The Morgan fingerprint density at radius 3 is 3.00 bits per heavy atom. The van der Waals surface area contributed by atoms with E-state index >= 15 is 0 Å². The number of H-pyrrole nitrogens is 1. The first-order chi connectivity index (χ1) is 10.7. The Bertz CT molecular complexity index is 645. The number of hydrogen-bond acceptors (Lipinski definition) is 4. The molecule has 0 bridgehead atoms. The molecule has 3 rings (SSSR count). The Kier molecular flexibility index (Phi) is 4.15. The molecular formula is C15H18FN5O. The first kappa shape index (κ1) is 14.6. The molecule has 116 valence electrons. The van der Waals surface area contributed by atoms with Crippen LogP contribution in [0.15, 0.2) is 30.9 Å². The van der Waals surface area contributed by atoms with E-state index in [1.54, 1.807) is 17.3 Å². The summed E-state index contributed by atoms with van der Waals surface area (Å²) in [5, 5.41) is 0. The highest BCUT2D eigenvalue weighted by molar-refractivity contribution is 5.94. The molecule has 7 heteroatoms. The molecule has 22 heavy (non-hydrogen) atoms. The van der Waals surface area contributed by atoms with E-state index in [0.717, 1.165) is 25.1 Å². The monoisotopic (exact) mass is 303 g/mol. The van der Waals surface area contributed by atoms with Crippen LogP contribution in [0.3, 0.4) is 0 Å². The van der Waals surface area contributed by atoms with Crippen molar-refractivity contribution in [3.8, 4) is 0 Å². The quantitative estimate of drug-likeness (QED) is 0.932. The number of carbonyl (C=O) groups excluding carboxylic acids is 1. The predicted octanol–water partition coefficient (Wildman–Crippen LogP) is 1.46. The van der Waals surface area contributed by atoms with E-state index in [2.05, 4.69) is 26.8 Å². The van der Waals surface area contributed by atoms with Crippen molar-refractivity contribution in [3.05, 3.63) is 48.1 Å². The number of piperazine rings is 1. The molecule has 0 aliphatic carbocycles. The predicted molar refractivity (Wildman–Crippen MR) is 78.7 cm³/mol. The largest absolute Gasteiger partial charge is 0.347 e. The van der Waals surface area contributed by atoms with Gasteiger partial charge in [-0.1, -0.05) is 6.92 Å². The number of halogens is 1. The van der Waals surface area contributed by atoms with Crippen LogP contribution in [0.5, 0.6) is 0 Å². The van der Waals surface area contributed by atoms with E-state index in [0.29, 0.717) is 13.1 Å². The Hall–Kier alpha value is -2.28. The second kappa shape index (κ2) is 6.23. The normalized spacial score (nSPS) is 19.4. The number of aromatic amines is 1. The SMILES string of the molecule is CCN1CCN(C(=O)c2cncc(F)c2)C[C@H]1c1ncc[nH]1. The third-order valence-electron chi connectivity index (χ3n) is 3.97. The highest BCUT2D eigenvalue weighted by Gasteiger charge is 2.31. The summed E-state index contributed by atoms with van der Waals surface area (Å²) in [6.07, 6.45) is 5.98. The number of aromatic nitrogens is 3. The lowest BCUT2D eigenvalue weighted by atomic mass is 10.1. The molecule has 0 aromatic carbocycles. The van der Waals surface area contributed by atoms with Gasteiger partial charge in [0.2, 0.25) is 0 Å². The molecule has 2 aromatic rings. The van der Waals surface area contributed by atoms with Gasteiger partial charge in [-0.05, 0) is 12.6 Å². The van der Waals surface area contributed by atoms with Crippen molar-refractivity contribution in [1.82, 2.24) is 24.8 Å². The number of imidazole rings is 1. The lowest BCUT2D eigenvalue weighted by Crippen LogP contribution is -2.50. The van der Waals surface area contributed by atoms with Crippen molar-refractivity contribution in [3.63, 3.8) is 0 Å². The number of likely N-dealkylation sites (N-methyl/N-ethyl adjacent to an activating group) is 1. The molecular weight excluding hydrogens is 285 g/mol. The highest BCUT2D eigenvalue weighted by Crippen LogP contribution is 2.23. The average molecular weight is 303 g/mol. The van der Waals surface area contributed by atoms with Crippen LogP contribution in [0, 0.1) is 5.82 Å². The number of nitrogens with zero attached hydrogens (tertiary/aromatic N) is 4. The zero-order valence-electron chi connectivity index (χ0n) is 12.4. The fraction of sp³-hybridized carbons (Fsp3) is 0.400. The van der Waals surface area contributed by atoms with Gasteiger partial charge in [0.15, 0.2) is 0 Å². The van der Waals surface area contributed by atoms with Gasteiger partial charge in [-0.3, -0.25) is 14.7 Å². The molecule has 1 aliphatic heterocycles. The minimum Gasteiger partial charge on any atom is -0.347 e. The molecule has 6 nitrogen and oxygen atoms in total. The van der Waals surface area contributed by atoms with Crippen LogP contribution >= 0.6 is 0 Å². The van der Waals surface area contributed by atoms with Gasteiger partial charge in [-0.15, -0.1) is 0 Å². The topological polar surface area (TPSA) is 65.1 Å². The molecule has 1 atom stereocenters. The van der Waals surface area contributed by atoms with Gasteiger partial charge in [0.05, 0.1) is 17.8 Å². The van der Waals surface area contributed by atoms with Gasteiger partial charge in [0, 0.05) is 38.2 Å². The van der Waals surface area contributed by atoms with Crippen molar-refractivity contribution >= 4 is 5.91 Å². The number of nitrogens with one attached hydrogen (secondary N) is 1. The lowest BCUT2D eigenvalue weighted by molar-refractivity contribution is 0.0479. The van der Waals surface area contributed by atoms with E-state index in [9.17, 15) is 9.18 Å². The summed E-state index contributed by atoms with van der Waals surface area (Å²) < 4.78 is 13.3. The molecule has 0 unspecified atom stereocenters. The second-order valence-corrected chi connectivity index (χ2v) is 5.26. The standard InChI is InChI=1S/C15H18FN5O/c1-2-20-5-6-21(10-13(20)14-18-3-4-19-14)15(22)11-7-12(16)9-17-8-11/h3-4,7-9,13H,2,5-6,10H2,1H3,(H,18,19)/t13-/m0/s1. The van der Waals surface area contributed by atoms with E-state index in [-0.39, 0.29) is 17.5 Å². The van der Waals surface area contributed by atoms with Gasteiger partial charge >= 0.3 is 0 Å². The summed E-state index contributed by atoms with van der Waals surface area (Å²) >= 11 is 0.